The molecule has 2 aromatic carbocycles. The summed E-state index contributed by atoms with van der Waals surface area (Å²) in [6, 6.07) is 17.1. The lowest BCUT2D eigenvalue weighted by Crippen LogP contribution is -2.11. The van der Waals surface area contributed by atoms with Crippen LogP contribution in [-0.4, -0.2) is 27.8 Å². The monoisotopic (exact) mass is 363 g/mol. The predicted molar refractivity (Wildman–Crippen MR) is 104 cm³/mol. The van der Waals surface area contributed by atoms with Gasteiger partial charge in [0.1, 0.15) is 0 Å². The van der Waals surface area contributed by atoms with Crippen LogP contribution in [0, 0.1) is 0 Å². The summed E-state index contributed by atoms with van der Waals surface area (Å²) in [6.07, 6.45) is 1.54. The molecule has 1 unspecified atom stereocenters. The Balaban J connectivity index is 1.66. The molecule has 138 valence electrons. The summed E-state index contributed by atoms with van der Waals surface area (Å²) in [6.45, 7) is 4.16. The van der Waals surface area contributed by atoms with Gasteiger partial charge in [-0.25, -0.2) is 4.79 Å². The van der Waals surface area contributed by atoms with Gasteiger partial charge in [0, 0.05) is 5.69 Å². The summed E-state index contributed by atoms with van der Waals surface area (Å²) < 4.78 is 4.98. The molecule has 3 rings (SSSR count). The van der Waals surface area contributed by atoms with Crippen molar-refractivity contribution in [2.75, 3.05) is 17.2 Å². The summed E-state index contributed by atoms with van der Waals surface area (Å²) >= 11 is 0. The van der Waals surface area contributed by atoms with Gasteiger partial charge in [-0.3, -0.25) is 0 Å². The molecule has 7 nitrogen and oxygen atoms in total. The Morgan fingerprint density at radius 3 is 2.56 bits per heavy atom. The van der Waals surface area contributed by atoms with Crippen molar-refractivity contribution in [3.05, 3.63) is 71.9 Å². The highest BCUT2D eigenvalue weighted by Crippen LogP contribution is 2.19. The van der Waals surface area contributed by atoms with Gasteiger partial charge in [0.2, 0.25) is 5.95 Å². The number of rotatable bonds is 7. The summed E-state index contributed by atoms with van der Waals surface area (Å²) in [7, 11) is 0. The molecule has 7 heteroatoms. The number of ether oxygens (including phenoxy) is 1. The third-order valence-electron chi connectivity index (χ3n) is 3.87. The van der Waals surface area contributed by atoms with E-state index in [9.17, 15) is 4.79 Å². The summed E-state index contributed by atoms with van der Waals surface area (Å²) in [5.74, 6) is 0.644. The molecule has 3 aromatic rings. The van der Waals surface area contributed by atoms with Gasteiger partial charge >= 0.3 is 5.97 Å². The molecule has 0 bridgehead atoms. The van der Waals surface area contributed by atoms with E-state index < -0.39 is 0 Å². The van der Waals surface area contributed by atoms with Gasteiger partial charge in [-0.05, 0) is 43.7 Å². The van der Waals surface area contributed by atoms with Crippen molar-refractivity contribution in [1.82, 2.24) is 15.2 Å². The molecule has 0 saturated heterocycles. The molecule has 0 aliphatic rings. The van der Waals surface area contributed by atoms with E-state index in [2.05, 4.69) is 25.8 Å². The molecular formula is C20H21N5O2. The Kier molecular flexibility index (Phi) is 5.94. The van der Waals surface area contributed by atoms with E-state index in [-0.39, 0.29) is 12.0 Å². The van der Waals surface area contributed by atoms with E-state index in [1.807, 2.05) is 37.3 Å². The van der Waals surface area contributed by atoms with Crippen LogP contribution in [0.3, 0.4) is 0 Å². The summed E-state index contributed by atoms with van der Waals surface area (Å²) in [5.41, 5.74) is 2.42. The number of benzene rings is 2. The number of carbonyl (C=O) groups is 1. The van der Waals surface area contributed by atoms with Gasteiger partial charge < -0.3 is 15.4 Å². The number of anilines is 3. The Bertz CT molecular complexity index is 884. The fourth-order valence-corrected chi connectivity index (χ4v) is 2.50. The van der Waals surface area contributed by atoms with Crippen molar-refractivity contribution in [3.8, 4) is 0 Å². The minimum atomic E-state index is -0.339. The van der Waals surface area contributed by atoms with Crippen LogP contribution in [0.5, 0.6) is 0 Å². The van der Waals surface area contributed by atoms with Gasteiger partial charge in [-0.1, -0.05) is 30.3 Å². The molecule has 0 aliphatic heterocycles. The van der Waals surface area contributed by atoms with Crippen LogP contribution in [0.15, 0.2) is 60.8 Å². The minimum Gasteiger partial charge on any atom is -0.462 e. The molecule has 2 N–H and O–H groups in total. The largest absolute Gasteiger partial charge is 0.462 e. The average Bonchev–Trinajstić information content (AvgIpc) is 2.70. The highest BCUT2D eigenvalue weighted by Gasteiger charge is 2.09. The molecular weight excluding hydrogens is 342 g/mol. The lowest BCUT2D eigenvalue weighted by atomic mass is 10.1. The summed E-state index contributed by atoms with van der Waals surface area (Å²) in [4.78, 5) is 16.1. The molecule has 1 heterocycles. The zero-order valence-corrected chi connectivity index (χ0v) is 15.2. The first kappa shape index (κ1) is 18.3. The molecule has 0 radical (unpaired) electrons. The Hall–Kier alpha value is -3.48. The number of hydrogen-bond donors (Lipinski definition) is 2. The van der Waals surface area contributed by atoms with Crippen molar-refractivity contribution >= 4 is 23.4 Å². The Morgan fingerprint density at radius 2 is 1.85 bits per heavy atom. The second-order valence-corrected chi connectivity index (χ2v) is 5.86. The molecule has 0 amide bonds. The Morgan fingerprint density at radius 1 is 1.11 bits per heavy atom. The number of nitrogens with one attached hydrogen (secondary N) is 2. The van der Waals surface area contributed by atoms with Gasteiger partial charge in [0.05, 0.1) is 24.4 Å². The summed E-state index contributed by atoms with van der Waals surface area (Å²) in [5, 5.41) is 14.4. The maximum atomic E-state index is 11.7. The standard InChI is InChI=1S/C20H21N5O2/c1-3-27-19(26)16-9-11-17(12-10-16)23-18-13-21-25-20(24-18)22-14(2)15-7-5-4-6-8-15/h4-14H,3H2,1-2H3,(H2,22,23,24,25). The molecule has 0 fully saturated rings. The molecule has 1 aromatic heterocycles. The van der Waals surface area contributed by atoms with Crippen LogP contribution in [0.4, 0.5) is 17.5 Å². The number of carbonyl (C=O) groups excluding carboxylic acids is 1. The first-order valence-electron chi connectivity index (χ1n) is 8.71. The molecule has 27 heavy (non-hydrogen) atoms. The number of hydrogen-bond acceptors (Lipinski definition) is 7. The maximum absolute atomic E-state index is 11.7. The lowest BCUT2D eigenvalue weighted by Gasteiger charge is -2.14. The minimum absolute atomic E-state index is 0.0483. The van der Waals surface area contributed by atoms with E-state index >= 15 is 0 Å². The SMILES string of the molecule is CCOC(=O)c1ccc(Nc2cnnc(NC(C)c3ccccc3)n2)cc1. The third kappa shape index (κ3) is 5.01. The quantitative estimate of drug-likeness (QED) is 0.614. The van der Waals surface area contributed by atoms with Crippen LogP contribution in [-0.2, 0) is 4.74 Å². The topological polar surface area (TPSA) is 89.0 Å². The fraction of sp³-hybridized carbons (Fsp3) is 0.200. The van der Waals surface area contributed by atoms with Gasteiger partial charge in [0.15, 0.2) is 5.82 Å². The lowest BCUT2D eigenvalue weighted by molar-refractivity contribution is 0.0526. The van der Waals surface area contributed by atoms with E-state index in [1.54, 1.807) is 31.2 Å². The van der Waals surface area contributed by atoms with Crippen molar-refractivity contribution in [2.24, 2.45) is 0 Å². The van der Waals surface area contributed by atoms with Crippen LogP contribution in [0.1, 0.15) is 35.8 Å². The van der Waals surface area contributed by atoms with Crippen LogP contribution in [0.25, 0.3) is 0 Å². The second kappa shape index (κ2) is 8.75. The highest BCUT2D eigenvalue weighted by molar-refractivity contribution is 5.89. The highest BCUT2D eigenvalue weighted by atomic mass is 16.5. The molecule has 0 aliphatic carbocycles. The van der Waals surface area contributed by atoms with E-state index in [1.165, 1.54) is 6.20 Å². The van der Waals surface area contributed by atoms with E-state index in [4.69, 9.17) is 4.74 Å². The van der Waals surface area contributed by atoms with Crippen molar-refractivity contribution in [2.45, 2.75) is 19.9 Å². The normalized spacial score (nSPS) is 11.5. The molecule has 1 atom stereocenters. The Labute approximate surface area is 157 Å². The van der Waals surface area contributed by atoms with E-state index in [0.29, 0.717) is 23.9 Å². The molecule has 0 spiro atoms. The zero-order chi connectivity index (χ0) is 19.1. The number of aromatic nitrogens is 3. The zero-order valence-electron chi connectivity index (χ0n) is 15.2. The second-order valence-electron chi connectivity index (χ2n) is 5.86. The van der Waals surface area contributed by atoms with E-state index in [0.717, 1.165) is 11.3 Å². The third-order valence-corrected chi connectivity index (χ3v) is 3.87. The van der Waals surface area contributed by atoms with Crippen LogP contribution < -0.4 is 10.6 Å². The van der Waals surface area contributed by atoms with Gasteiger partial charge in [-0.15, -0.1) is 5.10 Å². The van der Waals surface area contributed by atoms with Crippen LogP contribution >= 0.6 is 0 Å². The number of nitrogens with zero attached hydrogens (tertiary/aromatic N) is 3. The van der Waals surface area contributed by atoms with Gasteiger partial charge in [-0.2, -0.15) is 10.1 Å². The number of esters is 1. The first-order chi connectivity index (χ1) is 13.2. The van der Waals surface area contributed by atoms with Crippen molar-refractivity contribution in [3.63, 3.8) is 0 Å². The van der Waals surface area contributed by atoms with Crippen LogP contribution in [0.2, 0.25) is 0 Å². The van der Waals surface area contributed by atoms with Gasteiger partial charge in [0.25, 0.3) is 0 Å². The first-order valence-corrected chi connectivity index (χ1v) is 8.71. The maximum Gasteiger partial charge on any atom is 0.338 e. The van der Waals surface area contributed by atoms with Crippen molar-refractivity contribution in [1.29, 1.82) is 0 Å². The molecule has 0 saturated carbocycles. The predicted octanol–water partition coefficient (Wildman–Crippen LogP) is 3.97. The fourth-order valence-electron chi connectivity index (χ4n) is 2.50. The smallest absolute Gasteiger partial charge is 0.338 e. The van der Waals surface area contributed by atoms with Crippen molar-refractivity contribution < 1.29 is 9.53 Å². The average molecular weight is 363 g/mol.